The molecular weight excluding hydrogens is 270 g/mol. The van der Waals surface area contributed by atoms with Crippen molar-refractivity contribution in [2.75, 3.05) is 6.61 Å². The molecule has 1 aromatic carbocycles. The fraction of sp³-hybridized carbons (Fsp3) is 0.375. The topological polar surface area (TPSA) is 78.6 Å². The molecule has 5 nitrogen and oxygen atoms in total. The summed E-state index contributed by atoms with van der Waals surface area (Å²) in [7, 11) is 0. The van der Waals surface area contributed by atoms with Crippen LogP contribution in [0, 0.1) is 5.92 Å². The Morgan fingerprint density at radius 3 is 2.52 bits per heavy atom. The van der Waals surface area contributed by atoms with Gasteiger partial charge in [0.25, 0.3) is 0 Å². The SMILES string of the molecule is C=CCOC(=O)C(C)(N)C(C)C(=O)OCc1ccccc1. The smallest absolute Gasteiger partial charge is 0.327 e. The first-order valence-corrected chi connectivity index (χ1v) is 6.67. The van der Waals surface area contributed by atoms with E-state index in [-0.39, 0.29) is 13.2 Å². The number of benzene rings is 1. The molecule has 21 heavy (non-hydrogen) atoms. The molecule has 1 rings (SSSR count). The van der Waals surface area contributed by atoms with E-state index in [0.717, 1.165) is 5.56 Å². The van der Waals surface area contributed by atoms with E-state index in [9.17, 15) is 9.59 Å². The van der Waals surface area contributed by atoms with E-state index in [2.05, 4.69) is 6.58 Å². The molecular formula is C16H21NO4. The van der Waals surface area contributed by atoms with Gasteiger partial charge in [-0.25, -0.2) is 0 Å². The molecule has 0 heterocycles. The Hall–Kier alpha value is -2.14. The van der Waals surface area contributed by atoms with Gasteiger partial charge in [0, 0.05) is 0 Å². The minimum Gasteiger partial charge on any atom is -0.461 e. The van der Waals surface area contributed by atoms with Crippen molar-refractivity contribution in [2.24, 2.45) is 11.7 Å². The second-order valence-electron chi connectivity index (χ2n) is 4.98. The molecule has 0 saturated heterocycles. The standard InChI is InChI=1S/C16H21NO4/c1-4-10-20-15(19)16(3,17)12(2)14(18)21-11-13-8-6-5-7-9-13/h4-9,12H,1,10-11,17H2,2-3H3. The molecule has 0 saturated carbocycles. The lowest BCUT2D eigenvalue weighted by Crippen LogP contribution is -2.54. The Labute approximate surface area is 124 Å². The summed E-state index contributed by atoms with van der Waals surface area (Å²) in [6.07, 6.45) is 1.44. The summed E-state index contributed by atoms with van der Waals surface area (Å²) < 4.78 is 10.1. The van der Waals surface area contributed by atoms with Gasteiger partial charge in [-0.15, -0.1) is 0 Å². The van der Waals surface area contributed by atoms with E-state index in [1.807, 2.05) is 30.3 Å². The Kier molecular flexibility index (Phi) is 6.11. The van der Waals surface area contributed by atoms with Crippen molar-refractivity contribution >= 4 is 11.9 Å². The number of rotatable bonds is 7. The van der Waals surface area contributed by atoms with Crippen LogP contribution >= 0.6 is 0 Å². The fourth-order valence-corrected chi connectivity index (χ4v) is 1.57. The van der Waals surface area contributed by atoms with E-state index < -0.39 is 23.4 Å². The van der Waals surface area contributed by atoms with E-state index in [1.165, 1.54) is 13.0 Å². The number of hydrogen-bond donors (Lipinski definition) is 1. The molecule has 2 N–H and O–H groups in total. The summed E-state index contributed by atoms with van der Waals surface area (Å²) in [4.78, 5) is 23.9. The largest absolute Gasteiger partial charge is 0.461 e. The average Bonchev–Trinajstić information content (AvgIpc) is 2.50. The van der Waals surface area contributed by atoms with Gasteiger partial charge in [0.15, 0.2) is 0 Å². The third-order valence-electron chi connectivity index (χ3n) is 3.25. The predicted molar refractivity (Wildman–Crippen MR) is 79.2 cm³/mol. The van der Waals surface area contributed by atoms with Gasteiger partial charge in [0.2, 0.25) is 0 Å². The van der Waals surface area contributed by atoms with E-state index in [0.29, 0.717) is 0 Å². The van der Waals surface area contributed by atoms with Gasteiger partial charge in [0.05, 0.1) is 5.92 Å². The van der Waals surface area contributed by atoms with Gasteiger partial charge >= 0.3 is 11.9 Å². The van der Waals surface area contributed by atoms with Gasteiger partial charge in [0.1, 0.15) is 18.8 Å². The molecule has 0 aromatic heterocycles. The Bertz CT molecular complexity index is 496. The summed E-state index contributed by atoms with van der Waals surface area (Å²) in [6, 6.07) is 9.27. The third-order valence-corrected chi connectivity index (χ3v) is 3.25. The number of nitrogens with two attached hydrogens (primary N) is 1. The molecule has 0 aliphatic carbocycles. The first kappa shape index (κ1) is 16.9. The van der Waals surface area contributed by atoms with Gasteiger partial charge in [-0.1, -0.05) is 43.0 Å². The Morgan fingerprint density at radius 1 is 1.33 bits per heavy atom. The number of esters is 2. The Morgan fingerprint density at radius 2 is 1.95 bits per heavy atom. The fourth-order valence-electron chi connectivity index (χ4n) is 1.57. The maximum atomic E-state index is 12.0. The van der Waals surface area contributed by atoms with Gasteiger partial charge < -0.3 is 15.2 Å². The van der Waals surface area contributed by atoms with Crippen LogP contribution in [0.3, 0.4) is 0 Å². The summed E-state index contributed by atoms with van der Waals surface area (Å²) in [5.41, 5.74) is 5.32. The third kappa shape index (κ3) is 4.72. The van der Waals surface area contributed by atoms with E-state index >= 15 is 0 Å². The lowest BCUT2D eigenvalue weighted by atomic mass is 9.88. The maximum Gasteiger partial charge on any atom is 0.327 e. The van der Waals surface area contributed by atoms with Crippen molar-refractivity contribution in [1.82, 2.24) is 0 Å². The monoisotopic (exact) mass is 291 g/mol. The number of ether oxygens (including phenoxy) is 2. The second kappa shape index (κ2) is 7.59. The second-order valence-corrected chi connectivity index (χ2v) is 4.98. The van der Waals surface area contributed by atoms with Crippen LogP contribution in [0.15, 0.2) is 43.0 Å². The van der Waals surface area contributed by atoms with Crippen LogP contribution in [0.2, 0.25) is 0 Å². The van der Waals surface area contributed by atoms with Crippen molar-refractivity contribution in [3.8, 4) is 0 Å². The molecule has 0 fully saturated rings. The van der Waals surface area contributed by atoms with Crippen molar-refractivity contribution in [1.29, 1.82) is 0 Å². The minimum atomic E-state index is -1.45. The molecule has 0 radical (unpaired) electrons. The zero-order chi connectivity index (χ0) is 15.9. The molecule has 2 unspecified atom stereocenters. The number of carbonyl (C=O) groups excluding carboxylic acids is 2. The summed E-state index contributed by atoms with van der Waals surface area (Å²) in [5, 5.41) is 0. The van der Waals surface area contributed by atoms with Crippen molar-refractivity contribution in [3.63, 3.8) is 0 Å². The minimum absolute atomic E-state index is 0.0530. The van der Waals surface area contributed by atoms with Crippen LogP contribution in [0.25, 0.3) is 0 Å². The normalized spacial score (nSPS) is 14.6. The lowest BCUT2D eigenvalue weighted by Gasteiger charge is -2.27. The number of hydrogen-bond acceptors (Lipinski definition) is 5. The molecule has 114 valence electrons. The van der Waals surface area contributed by atoms with Crippen LogP contribution in [-0.4, -0.2) is 24.1 Å². The van der Waals surface area contributed by atoms with Crippen LogP contribution in [0.1, 0.15) is 19.4 Å². The summed E-state index contributed by atoms with van der Waals surface area (Å²) >= 11 is 0. The zero-order valence-electron chi connectivity index (χ0n) is 12.4. The van der Waals surface area contributed by atoms with Gasteiger partial charge in [-0.05, 0) is 19.4 Å². The zero-order valence-corrected chi connectivity index (χ0v) is 12.4. The van der Waals surface area contributed by atoms with Crippen LogP contribution in [-0.2, 0) is 25.7 Å². The summed E-state index contributed by atoms with van der Waals surface area (Å²) in [5.74, 6) is -2.02. The van der Waals surface area contributed by atoms with Crippen LogP contribution in [0.4, 0.5) is 0 Å². The van der Waals surface area contributed by atoms with Crippen LogP contribution < -0.4 is 5.73 Å². The highest BCUT2D eigenvalue weighted by atomic mass is 16.5. The van der Waals surface area contributed by atoms with Crippen molar-refractivity contribution in [3.05, 3.63) is 48.6 Å². The first-order valence-electron chi connectivity index (χ1n) is 6.67. The molecule has 5 heteroatoms. The Balaban J connectivity index is 2.59. The first-order chi connectivity index (χ1) is 9.89. The molecule has 2 atom stereocenters. The highest BCUT2D eigenvalue weighted by molar-refractivity contribution is 5.88. The molecule has 0 aliphatic heterocycles. The molecule has 0 amide bonds. The molecule has 1 aromatic rings. The van der Waals surface area contributed by atoms with E-state index in [1.54, 1.807) is 6.92 Å². The van der Waals surface area contributed by atoms with Crippen molar-refractivity contribution in [2.45, 2.75) is 26.0 Å². The highest BCUT2D eigenvalue weighted by Gasteiger charge is 2.41. The number of carbonyl (C=O) groups is 2. The van der Waals surface area contributed by atoms with Gasteiger partial charge in [-0.3, -0.25) is 9.59 Å². The average molecular weight is 291 g/mol. The lowest BCUT2D eigenvalue weighted by molar-refractivity contribution is -0.161. The predicted octanol–water partition coefficient (Wildman–Crippen LogP) is 1.81. The van der Waals surface area contributed by atoms with Crippen LogP contribution in [0.5, 0.6) is 0 Å². The summed E-state index contributed by atoms with van der Waals surface area (Å²) in [6.45, 7) is 6.64. The van der Waals surface area contributed by atoms with Gasteiger partial charge in [-0.2, -0.15) is 0 Å². The van der Waals surface area contributed by atoms with E-state index in [4.69, 9.17) is 15.2 Å². The van der Waals surface area contributed by atoms with Crippen molar-refractivity contribution < 1.29 is 19.1 Å². The molecule has 0 bridgehead atoms. The molecule has 0 aliphatic rings. The maximum absolute atomic E-state index is 12.0. The quantitative estimate of drug-likeness (QED) is 0.612. The highest BCUT2D eigenvalue weighted by Crippen LogP contribution is 2.18. The molecule has 0 spiro atoms.